The van der Waals surface area contributed by atoms with E-state index < -0.39 is 17.4 Å². The lowest BCUT2D eigenvalue weighted by Gasteiger charge is -2.25. The highest BCUT2D eigenvalue weighted by molar-refractivity contribution is 5.93. The Labute approximate surface area is 193 Å². The smallest absolute Gasteiger partial charge is 0.341 e. The second-order valence-corrected chi connectivity index (χ2v) is 7.98. The molecule has 3 rings (SSSR count). The highest BCUT2D eigenvalue weighted by Crippen LogP contribution is 2.31. The summed E-state index contributed by atoms with van der Waals surface area (Å²) < 4.78 is 21.7. The lowest BCUT2D eigenvalue weighted by molar-refractivity contribution is 0.0694. The van der Waals surface area contributed by atoms with E-state index in [1.807, 2.05) is 27.7 Å². The van der Waals surface area contributed by atoms with Crippen molar-refractivity contribution in [1.82, 2.24) is 4.57 Å². The average Bonchev–Trinajstić information content (AvgIpc) is 2.79. The molecule has 1 unspecified atom stereocenters. The van der Waals surface area contributed by atoms with Gasteiger partial charge >= 0.3 is 5.97 Å². The molecule has 2 N–H and O–H groups in total. The van der Waals surface area contributed by atoms with E-state index in [0.29, 0.717) is 28.0 Å². The minimum atomic E-state index is -1.34. The first-order chi connectivity index (χ1) is 15.7. The number of ether oxygens (including phenoxy) is 1. The second-order valence-electron chi connectivity index (χ2n) is 7.98. The van der Waals surface area contributed by atoms with Crippen molar-refractivity contribution in [2.75, 3.05) is 13.7 Å². The zero-order chi connectivity index (χ0) is 24.9. The van der Waals surface area contributed by atoms with Crippen molar-refractivity contribution < 1.29 is 24.1 Å². The maximum absolute atomic E-state index is 14.6. The summed E-state index contributed by atoms with van der Waals surface area (Å²) in [4.78, 5) is 24.7. The summed E-state index contributed by atoms with van der Waals surface area (Å²) in [5.74, 6) is -1.25. The van der Waals surface area contributed by atoms with Crippen molar-refractivity contribution in [2.45, 2.75) is 47.1 Å². The van der Waals surface area contributed by atoms with Gasteiger partial charge in [0.25, 0.3) is 0 Å². The van der Waals surface area contributed by atoms with Crippen molar-refractivity contribution in [1.29, 1.82) is 0 Å². The van der Waals surface area contributed by atoms with Crippen LogP contribution in [0.5, 0.6) is 5.75 Å². The fourth-order valence-corrected chi connectivity index (χ4v) is 3.85. The largest absolute Gasteiger partial charge is 0.496 e. The molecule has 1 atom stereocenters. The molecular weight excluding hydrogens is 425 g/mol. The summed E-state index contributed by atoms with van der Waals surface area (Å²) in [6, 6.07) is 7.87. The Morgan fingerprint density at radius 2 is 1.85 bits per heavy atom. The van der Waals surface area contributed by atoms with E-state index in [-0.39, 0.29) is 35.7 Å². The number of aromatic nitrogens is 1. The molecule has 0 fully saturated rings. The Morgan fingerprint density at radius 3 is 2.39 bits per heavy atom. The zero-order valence-electron chi connectivity index (χ0n) is 20.0. The van der Waals surface area contributed by atoms with Gasteiger partial charge in [-0.25, -0.2) is 9.18 Å². The van der Waals surface area contributed by atoms with Crippen LogP contribution in [0.3, 0.4) is 0 Å². The molecule has 0 saturated heterocycles. The number of hydrogen-bond acceptors (Lipinski definition) is 4. The molecule has 0 aliphatic rings. The zero-order valence-corrected chi connectivity index (χ0v) is 20.0. The van der Waals surface area contributed by atoms with Crippen LogP contribution < -0.4 is 10.2 Å². The molecule has 0 spiro atoms. The van der Waals surface area contributed by atoms with E-state index in [9.17, 15) is 24.2 Å². The molecule has 0 radical (unpaired) electrons. The number of aromatic carboxylic acids is 1. The predicted octanol–water partition coefficient (Wildman–Crippen LogP) is 4.96. The summed E-state index contributed by atoms with van der Waals surface area (Å²) in [6.07, 6.45) is 1.45. The van der Waals surface area contributed by atoms with Gasteiger partial charge in [0.05, 0.1) is 25.3 Å². The monoisotopic (exact) mass is 457 g/mol. The maximum Gasteiger partial charge on any atom is 0.341 e. The van der Waals surface area contributed by atoms with E-state index in [1.165, 1.54) is 13.3 Å². The molecule has 6 nitrogen and oxygen atoms in total. The molecule has 0 aliphatic heterocycles. The fraction of sp³-hybridized carbons (Fsp3) is 0.385. The standard InChI is InChI=1S/C24H26FNO5.C2H6/c1-13(2)20(12-27)26-11-18(24(29)30)23(28)17-9-16(21(31-4)10-19(17)26)8-15-7-5-6-14(3)22(15)25;1-2/h5-7,9-11,13,20,27H,8,12H2,1-4H3,(H,29,30);1-2H3. The molecule has 1 heterocycles. The summed E-state index contributed by atoms with van der Waals surface area (Å²) in [5, 5.41) is 19.7. The normalized spacial score (nSPS) is 11.8. The van der Waals surface area contributed by atoms with Gasteiger partial charge in [-0.05, 0) is 35.6 Å². The number of hydrogen-bond donors (Lipinski definition) is 2. The summed E-state index contributed by atoms with van der Waals surface area (Å²) in [6.45, 7) is 9.25. The number of carboxylic acid groups (broad SMARTS) is 1. The number of rotatable bonds is 7. The number of nitrogens with zero attached hydrogens (tertiary/aromatic N) is 1. The van der Waals surface area contributed by atoms with Gasteiger partial charge in [0.1, 0.15) is 17.1 Å². The summed E-state index contributed by atoms with van der Waals surface area (Å²) >= 11 is 0. The van der Waals surface area contributed by atoms with Crippen molar-refractivity contribution in [2.24, 2.45) is 5.92 Å². The maximum atomic E-state index is 14.6. The van der Waals surface area contributed by atoms with E-state index >= 15 is 0 Å². The number of benzene rings is 2. The van der Waals surface area contributed by atoms with Crippen molar-refractivity contribution in [3.05, 3.63) is 74.8 Å². The van der Waals surface area contributed by atoms with Gasteiger partial charge in [-0.1, -0.05) is 45.9 Å². The molecule has 33 heavy (non-hydrogen) atoms. The quantitative estimate of drug-likeness (QED) is 0.523. The Balaban J connectivity index is 0.00000187. The van der Waals surface area contributed by atoms with Crippen molar-refractivity contribution in [3.8, 4) is 5.75 Å². The molecule has 3 aromatic rings. The third kappa shape index (κ3) is 5.25. The van der Waals surface area contributed by atoms with Crippen LogP contribution in [-0.4, -0.2) is 34.5 Å². The van der Waals surface area contributed by atoms with E-state index in [0.717, 1.165) is 0 Å². The van der Waals surface area contributed by atoms with Gasteiger partial charge in [0.15, 0.2) is 0 Å². The van der Waals surface area contributed by atoms with Gasteiger partial charge in [0.2, 0.25) is 5.43 Å². The average molecular weight is 458 g/mol. The Morgan fingerprint density at radius 1 is 1.18 bits per heavy atom. The minimum Gasteiger partial charge on any atom is -0.496 e. The molecule has 0 bridgehead atoms. The first-order valence-corrected chi connectivity index (χ1v) is 11.0. The molecule has 0 amide bonds. The first kappa shape index (κ1) is 26.1. The highest BCUT2D eigenvalue weighted by atomic mass is 19.1. The molecule has 0 saturated carbocycles. The second kappa shape index (κ2) is 11.1. The number of halogens is 1. The molecule has 2 aromatic carbocycles. The molecule has 178 valence electrons. The number of carboxylic acids is 1. The van der Waals surface area contributed by atoms with Gasteiger partial charge in [0, 0.05) is 24.1 Å². The lowest BCUT2D eigenvalue weighted by Crippen LogP contribution is -2.25. The number of aryl methyl sites for hydroxylation is 1. The number of aliphatic hydroxyl groups is 1. The van der Waals surface area contributed by atoms with E-state index in [1.54, 1.807) is 41.8 Å². The van der Waals surface area contributed by atoms with E-state index in [4.69, 9.17) is 4.74 Å². The van der Waals surface area contributed by atoms with Gasteiger partial charge in [-0.3, -0.25) is 4.79 Å². The SMILES string of the molecule is CC.COc1cc2c(cc1Cc1cccc(C)c1F)c(=O)c(C(=O)O)cn2C(CO)C(C)C. The van der Waals surface area contributed by atoms with Crippen LogP contribution in [-0.2, 0) is 6.42 Å². The van der Waals surface area contributed by atoms with Gasteiger partial charge < -0.3 is 19.5 Å². The molecule has 0 aliphatic carbocycles. The van der Waals surface area contributed by atoms with Crippen LogP contribution in [0.4, 0.5) is 4.39 Å². The fourth-order valence-electron chi connectivity index (χ4n) is 3.85. The van der Waals surface area contributed by atoms with Gasteiger partial charge in [-0.15, -0.1) is 0 Å². The van der Waals surface area contributed by atoms with Crippen LogP contribution >= 0.6 is 0 Å². The number of carbonyl (C=O) groups is 1. The Hall–Kier alpha value is -3.19. The lowest BCUT2D eigenvalue weighted by atomic mass is 9.98. The minimum absolute atomic E-state index is 0.0237. The van der Waals surface area contributed by atoms with Crippen LogP contribution in [0.1, 0.15) is 60.8 Å². The van der Waals surface area contributed by atoms with Crippen LogP contribution in [0, 0.1) is 18.7 Å². The summed E-state index contributed by atoms with van der Waals surface area (Å²) in [7, 11) is 1.48. The van der Waals surface area contributed by atoms with Crippen molar-refractivity contribution >= 4 is 16.9 Å². The molecular formula is C26H32FNO5. The Bertz CT molecular complexity index is 1200. The highest BCUT2D eigenvalue weighted by Gasteiger charge is 2.23. The number of methoxy groups -OCH3 is 1. The number of pyridine rings is 1. The van der Waals surface area contributed by atoms with Crippen molar-refractivity contribution in [3.63, 3.8) is 0 Å². The third-order valence-electron chi connectivity index (χ3n) is 5.63. The van der Waals surface area contributed by atoms with Gasteiger partial charge in [-0.2, -0.15) is 0 Å². The number of aliphatic hydroxyl groups excluding tert-OH is 1. The van der Waals surface area contributed by atoms with Crippen LogP contribution in [0.2, 0.25) is 0 Å². The third-order valence-corrected chi connectivity index (χ3v) is 5.63. The Kier molecular flexibility index (Phi) is 8.76. The van der Waals surface area contributed by atoms with Crippen LogP contribution in [0.25, 0.3) is 10.9 Å². The van der Waals surface area contributed by atoms with E-state index in [2.05, 4.69) is 0 Å². The number of fused-ring (bicyclic) bond motifs is 1. The van der Waals surface area contributed by atoms with Crippen LogP contribution in [0.15, 0.2) is 41.3 Å². The first-order valence-electron chi connectivity index (χ1n) is 11.0. The summed E-state index contributed by atoms with van der Waals surface area (Å²) in [5.41, 5.74) is 0.958. The molecule has 7 heteroatoms. The molecule has 1 aromatic heterocycles. The topological polar surface area (TPSA) is 88.8 Å². The predicted molar refractivity (Wildman–Crippen MR) is 128 cm³/mol.